The van der Waals surface area contributed by atoms with Crippen LogP contribution in [0.1, 0.15) is 22.5 Å². The number of nitrogens with zero attached hydrogens (tertiary/aromatic N) is 2. The van der Waals surface area contributed by atoms with Gasteiger partial charge in [-0.3, -0.25) is 14.8 Å². The van der Waals surface area contributed by atoms with Crippen molar-refractivity contribution in [1.29, 1.82) is 0 Å². The fourth-order valence-corrected chi connectivity index (χ4v) is 2.02. The average Bonchev–Trinajstić information content (AvgIpc) is 2.67. The van der Waals surface area contributed by atoms with E-state index in [1.54, 1.807) is 0 Å². The Hall–Kier alpha value is -3.26. The van der Waals surface area contributed by atoms with E-state index in [1.165, 1.54) is 0 Å². The second-order valence-electron chi connectivity index (χ2n) is 6.28. The number of aliphatic carboxylic acids is 2. The first-order valence-electron chi connectivity index (χ1n) is 8.54. The summed E-state index contributed by atoms with van der Waals surface area (Å²) in [4.78, 5) is 27.6. The summed E-state index contributed by atoms with van der Waals surface area (Å²) in [5, 5.41) is 25.8. The van der Waals surface area contributed by atoms with Crippen LogP contribution in [0.5, 0.6) is 0 Å². The summed E-state index contributed by atoms with van der Waals surface area (Å²) in [7, 11) is 0. The highest BCUT2D eigenvalue weighted by Crippen LogP contribution is 2.29. The van der Waals surface area contributed by atoms with E-state index in [9.17, 15) is 35.9 Å². The standard InChI is InChI=1S/C9H9F3N2O2.C9H8F3NO3/c10-9(11,12)5-1-2-6(14-4-5)3-7(13)8(15)16;10-9(11,12)5-1-2-6(13-4-5)3-7(14)8(15)16/h1-2,4,7H,3,13H2,(H,15,16);1-2,4,7,14H,3H2,(H,15,16)/t2*7-/m11/s1. The highest BCUT2D eigenvalue weighted by atomic mass is 19.4. The Balaban J connectivity index is 0.000000320. The second-order valence-corrected chi connectivity index (χ2v) is 6.28. The van der Waals surface area contributed by atoms with Gasteiger partial charge in [0.15, 0.2) is 6.10 Å². The van der Waals surface area contributed by atoms with Crippen molar-refractivity contribution in [1.82, 2.24) is 9.97 Å². The molecular weight excluding hydrogens is 452 g/mol. The van der Waals surface area contributed by atoms with Crippen LogP contribution in [0.25, 0.3) is 0 Å². The molecule has 0 amide bonds. The third kappa shape index (κ3) is 8.85. The number of aliphatic hydroxyl groups excluding tert-OH is 1. The molecule has 2 rings (SSSR count). The predicted octanol–water partition coefficient (Wildman–Crippen LogP) is 2.14. The third-order valence-electron chi connectivity index (χ3n) is 3.74. The van der Waals surface area contributed by atoms with E-state index in [1.807, 2.05) is 0 Å². The zero-order valence-corrected chi connectivity index (χ0v) is 15.9. The summed E-state index contributed by atoms with van der Waals surface area (Å²) >= 11 is 0. The molecule has 0 aromatic carbocycles. The average molecular weight is 469 g/mol. The van der Waals surface area contributed by atoms with Crippen LogP contribution in [-0.4, -0.2) is 49.4 Å². The maximum atomic E-state index is 12.2. The maximum absolute atomic E-state index is 12.2. The van der Waals surface area contributed by atoms with Crippen molar-refractivity contribution in [3.8, 4) is 0 Å². The Labute approximate surface area is 176 Å². The highest BCUT2D eigenvalue weighted by Gasteiger charge is 2.31. The van der Waals surface area contributed by atoms with E-state index >= 15 is 0 Å². The number of carbonyl (C=O) groups is 2. The zero-order chi connectivity index (χ0) is 24.7. The molecule has 14 heteroatoms. The molecule has 0 aliphatic rings. The van der Waals surface area contributed by atoms with Crippen LogP contribution in [0.15, 0.2) is 36.7 Å². The van der Waals surface area contributed by atoms with Crippen molar-refractivity contribution in [2.75, 3.05) is 0 Å². The molecule has 0 saturated heterocycles. The predicted molar refractivity (Wildman–Crippen MR) is 95.1 cm³/mol. The van der Waals surface area contributed by atoms with Crippen LogP contribution in [0.3, 0.4) is 0 Å². The number of carboxylic acids is 2. The van der Waals surface area contributed by atoms with E-state index in [4.69, 9.17) is 21.1 Å². The van der Waals surface area contributed by atoms with Gasteiger partial charge in [0, 0.05) is 36.6 Å². The molecule has 0 fully saturated rings. The molecule has 5 N–H and O–H groups in total. The van der Waals surface area contributed by atoms with Crippen LogP contribution < -0.4 is 5.73 Å². The summed E-state index contributed by atoms with van der Waals surface area (Å²) in [5.41, 5.74) is 3.72. The summed E-state index contributed by atoms with van der Waals surface area (Å²) in [5.74, 6) is -2.66. The summed E-state index contributed by atoms with van der Waals surface area (Å²) in [6.45, 7) is 0. The lowest BCUT2D eigenvalue weighted by Gasteiger charge is -2.08. The monoisotopic (exact) mass is 469 g/mol. The molecule has 0 spiro atoms. The minimum Gasteiger partial charge on any atom is -0.480 e. The van der Waals surface area contributed by atoms with E-state index < -0.39 is 47.6 Å². The van der Waals surface area contributed by atoms with Crippen LogP contribution in [-0.2, 0) is 34.8 Å². The number of pyridine rings is 2. The number of hydrogen-bond acceptors (Lipinski definition) is 6. The summed E-state index contributed by atoms with van der Waals surface area (Å²) in [6.07, 6.45) is -9.75. The van der Waals surface area contributed by atoms with E-state index in [0.29, 0.717) is 12.4 Å². The summed E-state index contributed by atoms with van der Waals surface area (Å²) in [6, 6.07) is 2.62. The minimum absolute atomic E-state index is 0.0860. The van der Waals surface area contributed by atoms with E-state index in [2.05, 4.69) is 9.97 Å². The first-order valence-corrected chi connectivity index (χ1v) is 8.54. The molecule has 0 saturated carbocycles. The lowest BCUT2D eigenvalue weighted by molar-refractivity contribution is -0.146. The molecular formula is C18H17F6N3O5. The SMILES string of the molecule is N[C@H](Cc1ccc(C(F)(F)F)cn1)C(=O)O.O=C(O)[C@H](O)Cc1ccc(C(F)(F)F)cn1. The number of rotatable bonds is 6. The molecule has 0 bridgehead atoms. The normalized spacial score (nSPS) is 13.5. The van der Waals surface area contributed by atoms with Gasteiger partial charge in [-0.15, -0.1) is 0 Å². The van der Waals surface area contributed by atoms with Gasteiger partial charge in [0.2, 0.25) is 0 Å². The molecule has 2 heterocycles. The Morgan fingerprint density at radius 1 is 0.812 bits per heavy atom. The van der Waals surface area contributed by atoms with Gasteiger partial charge < -0.3 is 21.1 Å². The van der Waals surface area contributed by atoms with Gasteiger partial charge in [-0.25, -0.2) is 4.79 Å². The number of halogens is 6. The Bertz CT molecular complexity index is 826. The van der Waals surface area contributed by atoms with Gasteiger partial charge in [-0.05, 0) is 24.3 Å². The highest BCUT2D eigenvalue weighted by molar-refractivity contribution is 5.73. The number of hydrogen-bond donors (Lipinski definition) is 4. The lowest BCUT2D eigenvalue weighted by Crippen LogP contribution is -2.32. The molecule has 32 heavy (non-hydrogen) atoms. The quantitative estimate of drug-likeness (QED) is 0.471. The van der Waals surface area contributed by atoms with Crippen molar-refractivity contribution in [3.63, 3.8) is 0 Å². The molecule has 0 radical (unpaired) electrons. The zero-order valence-electron chi connectivity index (χ0n) is 15.9. The Morgan fingerprint density at radius 3 is 1.50 bits per heavy atom. The minimum atomic E-state index is -4.48. The topological polar surface area (TPSA) is 147 Å². The molecule has 176 valence electrons. The van der Waals surface area contributed by atoms with Crippen LogP contribution in [0, 0.1) is 0 Å². The molecule has 0 aliphatic heterocycles. The van der Waals surface area contributed by atoms with Gasteiger partial charge in [0.1, 0.15) is 6.04 Å². The fourth-order valence-electron chi connectivity index (χ4n) is 2.02. The molecule has 2 aromatic rings. The fraction of sp³-hybridized carbons (Fsp3) is 0.333. The van der Waals surface area contributed by atoms with Crippen LogP contribution in [0.2, 0.25) is 0 Å². The van der Waals surface area contributed by atoms with Crippen molar-refractivity contribution >= 4 is 11.9 Å². The summed E-state index contributed by atoms with van der Waals surface area (Å²) < 4.78 is 72.8. The van der Waals surface area contributed by atoms with Gasteiger partial charge >= 0.3 is 24.3 Å². The van der Waals surface area contributed by atoms with E-state index in [0.717, 1.165) is 24.3 Å². The van der Waals surface area contributed by atoms with Crippen LogP contribution >= 0.6 is 0 Å². The van der Waals surface area contributed by atoms with Crippen LogP contribution in [0.4, 0.5) is 26.3 Å². The molecule has 2 atom stereocenters. The Morgan fingerprint density at radius 2 is 1.22 bits per heavy atom. The van der Waals surface area contributed by atoms with Gasteiger partial charge in [-0.2, -0.15) is 26.3 Å². The molecule has 0 unspecified atom stereocenters. The number of aliphatic hydroxyl groups is 1. The van der Waals surface area contributed by atoms with Gasteiger partial charge in [0.25, 0.3) is 0 Å². The van der Waals surface area contributed by atoms with Crippen molar-refractivity contribution in [3.05, 3.63) is 59.2 Å². The molecule has 0 aliphatic carbocycles. The molecule has 2 aromatic heterocycles. The first kappa shape index (κ1) is 26.8. The lowest BCUT2D eigenvalue weighted by atomic mass is 10.1. The Kier molecular flexibility index (Phi) is 9.09. The number of carboxylic acid groups (broad SMARTS) is 2. The second kappa shape index (κ2) is 10.9. The van der Waals surface area contributed by atoms with Gasteiger partial charge in [-0.1, -0.05) is 0 Å². The van der Waals surface area contributed by atoms with Crippen molar-refractivity contribution in [2.45, 2.75) is 37.3 Å². The largest absolute Gasteiger partial charge is 0.480 e. The smallest absolute Gasteiger partial charge is 0.417 e. The van der Waals surface area contributed by atoms with Gasteiger partial charge in [0.05, 0.1) is 11.1 Å². The third-order valence-corrected chi connectivity index (χ3v) is 3.74. The van der Waals surface area contributed by atoms with Crippen molar-refractivity contribution < 1.29 is 51.3 Å². The molecule has 8 nitrogen and oxygen atoms in total. The maximum Gasteiger partial charge on any atom is 0.417 e. The van der Waals surface area contributed by atoms with Crippen molar-refractivity contribution in [2.24, 2.45) is 5.73 Å². The number of nitrogens with two attached hydrogens (primary N) is 1. The number of alkyl halides is 6. The first-order chi connectivity index (χ1) is 14.6. The van der Waals surface area contributed by atoms with E-state index in [-0.39, 0.29) is 24.2 Å². The number of aromatic nitrogens is 2.